The first kappa shape index (κ1) is 20.8. The zero-order valence-electron chi connectivity index (χ0n) is 15.6. The highest BCUT2D eigenvalue weighted by molar-refractivity contribution is 9.10. The molecule has 1 amide bonds. The van der Waals surface area contributed by atoms with Gasteiger partial charge in [0, 0.05) is 23.1 Å². The minimum absolute atomic E-state index is 0.0962. The van der Waals surface area contributed by atoms with Crippen LogP contribution in [0.2, 0.25) is 0 Å². The summed E-state index contributed by atoms with van der Waals surface area (Å²) in [6.45, 7) is 6.88. The summed E-state index contributed by atoms with van der Waals surface area (Å²) in [5.41, 5.74) is 0.882. The van der Waals surface area contributed by atoms with Crippen molar-refractivity contribution in [2.24, 2.45) is 0 Å². The Morgan fingerprint density at radius 2 is 1.82 bits per heavy atom. The van der Waals surface area contributed by atoms with Crippen molar-refractivity contribution in [2.75, 3.05) is 31.1 Å². The van der Waals surface area contributed by atoms with E-state index in [-0.39, 0.29) is 5.56 Å². The highest BCUT2D eigenvalue weighted by Crippen LogP contribution is 2.31. The average molecular weight is 468 g/mol. The van der Waals surface area contributed by atoms with Crippen LogP contribution in [-0.2, 0) is 0 Å². The van der Waals surface area contributed by atoms with Crippen LogP contribution in [0.4, 0.5) is 13.9 Å². The third-order valence-corrected chi connectivity index (χ3v) is 6.05. The van der Waals surface area contributed by atoms with E-state index >= 15 is 0 Å². The van der Waals surface area contributed by atoms with Crippen molar-refractivity contribution in [3.63, 3.8) is 0 Å². The Hall–Kier alpha value is -1.90. The third-order valence-electron chi connectivity index (χ3n) is 4.52. The molecule has 3 aromatic rings. The first-order valence-corrected chi connectivity index (χ1v) is 10.6. The first-order chi connectivity index (χ1) is 13.4. The molecular formula is C20H20BrF2N3OS. The van der Waals surface area contributed by atoms with Crippen molar-refractivity contribution in [3.8, 4) is 0 Å². The van der Waals surface area contributed by atoms with Crippen molar-refractivity contribution in [3.05, 3.63) is 58.1 Å². The largest absolute Gasteiger partial charge is 0.302 e. The van der Waals surface area contributed by atoms with Gasteiger partial charge >= 0.3 is 0 Å². The molecule has 0 aliphatic heterocycles. The number of thiazole rings is 1. The Labute approximate surface area is 174 Å². The van der Waals surface area contributed by atoms with Gasteiger partial charge in [0.25, 0.3) is 5.91 Å². The topological polar surface area (TPSA) is 36.4 Å². The van der Waals surface area contributed by atoms with E-state index in [0.717, 1.165) is 39.9 Å². The molecule has 1 aromatic heterocycles. The van der Waals surface area contributed by atoms with Gasteiger partial charge in [-0.3, -0.25) is 9.69 Å². The van der Waals surface area contributed by atoms with E-state index in [9.17, 15) is 13.6 Å². The molecule has 3 rings (SSSR count). The van der Waals surface area contributed by atoms with Crippen molar-refractivity contribution in [2.45, 2.75) is 13.8 Å². The molecule has 2 aromatic carbocycles. The second-order valence-electron chi connectivity index (χ2n) is 6.22. The third kappa shape index (κ3) is 4.56. The van der Waals surface area contributed by atoms with Crippen LogP contribution in [0.5, 0.6) is 0 Å². The second kappa shape index (κ2) is 9.07. The minimum atomic E-state index is -1.04. The molecule has 1 heterocycles. The normalized spacial score (nSPS) is 11.4. The smallest absolute Gasteiger partial charge is 0.260 e. The lowest BCUT2D eigenvalue weighted by Crippen LogP contribution is -2.39. The highest BCUT2D eigenvalue weighted by atomic mass is 79.9. The fraction of sp³-hybridized carbons (Fsp3) is 0.300. The second-order valence-corrected chi connectivity index (χ2v) is 8.15. The van der Waals surface area contributed by atoms with Crippen molar-refractivity contribution in [1.82, 2.24) is 9.88 Å². The van der Waals surface area contributed by atoms with Gasteiger partial charge in [-0.05, 0) is 49.5 Å². The molecule has 0 N–H and O–H groups in total. The average Bonchev–Trinajstić information content (AvgIpc) is 3.09. The first-order valence-electron chi connectivity index (χ1n) is 8.98. The number of carbonyl (C=O) groups is 1. The summed E-state index contributed by atoms with van der Waals surface area (Å²) in [5, 5.41) is 0.537. The number of halogens is 3. The van der Waals surface area contributed by atoms with Gasteiger partial charge in [-0.2, -0.15) is 0 Å². The summed E-state index contributed by atoms with van der Waals surface area (Å²) < 4.78 is 28.8. The SMILES string of the molecule is CCN(CC)CCN(C(=O)c1ccc(F)c(F)c1)c1nc2ccc(Br)cc2s1. The molecule has 0 unspecified atom stereocenters. The maximum Gasteiger partial charge on any atom is 0.260 e. The number of likely N-dealkylation sites (N-methyl/N-ethyl adjacent to an activating group) is 1. The Bertz CT molecular complexity index is 991. The van der Waals surface area contributed by atoms with Crippen LogP contribution in [0, 0.1) is 11.6 Å². The van der Waals surface area contributed by atoms with Crippen LogP contribution in [0.1, 0.15) is 24.2 Å². The molecule has 28 heavy (non-hydrogen) atoms. The Morgan fingerprint density at radius 3 is 2.50 bits per heavy atom. The van der Waals surface area contributed by atoms with Crippen LogP contribution in [0.25, 0.3) is 10.2 Å². The van der Waals surface area contributed by atoms with Crippen molar-refractivity contribution in [1.29, 1.82) is 0 Å². The fourth-order valence-electron chi connectivity index (χ4n) is 2.85. The van der Waals surface area contributed by atoms with Crippen LogP contribution >= 0.6 is 27.3 Å². The number of aromatic nitrogens is 1. The van der Waals surface area contributed by atoms with Crippen LogP contribution in [-0.4, -0.2) is 42.0 Å². The van der Waals surface area contributed by atoms with E-state index in [1.807, 2.05) is 18.2 Å². The highest BCUT2D eigenvalue weighted by Gasteiger charge is 2.23. The van der Waals surface area contributed by atoms with E-state index in [4.69, 9.17) is 0 Å². The van der Waals surface area contributed by atoms with Gasteiger partial charge in [-0.15, -0.1) is 0 Å². The number of benzene rings is 2. The fourth-order valence-corrected chi connectivity index (χ4v) is 4.39. The number of nitrogens with zero attached hydrogens (tertiary/aromatic N) is 3. The zero-order chi connectivity index (χ0) is 20.3. The lowest BCUT2D eigenvalue weighted by Gasteiger charge is -2.24. The number of carbonyl (C=O) groups excluding carboxylic acids is 1. The zero-order valence-corrected chi connectivity index (χ0v) is 18.0. The molecule has 0 saturated heterocycles. The summed E-state index contributed by atoms with van der Waals surface area (Å²) in [6, 6.07) is 8.93. The molecule has 0 aliphatic rings. The monoisotopic (exact) mass is 467 g/mol. The Morgan fingerprint density at radius 1 is 1.07 bits per heavy atom. The van der Waals surface area contributed by atoms with Gasteiger partial charge in [-0.1, -0.05) is 41.1 Å². The molecular weight excluding hydrogens is 448 g/mol. The summed E-state index contributed by atoms with van der Waals surface area (Å²) in [7, 11) is 0. The quantitative estimate of drug-likeness (QED) is 0.471. The number of hydrogen-bond donors (Lipinski definition) is 0. The Balaban J connectivity index is 1.97. The molecule has 4 nitrogen and oxygen atoms in total. The van der Waals surface area contributed by atoms with Gasteiger partial charge in [0.2, 0.25) is 0 Å². The van der Waals surface area contributed by atoms with Crippen LogP contribution in [0.3, 0.4) is 0 Å². The van der Waals surface area contributed by atoms with E-state index in [0.29, 0.717) is 18.2 Å². The molecule has 8 heteroatoms. The number of fused-ring (bicyclic) bond motifs is 1. The molecule has 0 saturated carbocycles. The molecule has 0 bridgehead atoms. The van der Waals surface area contributed by atoms with E-state index in [1.54, 1.807) is 4.90 Å². The van der Waals surface area contributed by atoms with Gasteiger partial charge in [0.05, 0.1) is 10.2 Å². The molecule has 0 atom stereocenters. The van der Waals surface area contributed by atoms with E-state index in [1.165, 1.54) is 17.4 Å². The maximum atomic E-state index is 13.7. The van der Waals surface area contributed by atoms with Crippen LogP contribution in [0.15, 0.2) is 40.9 Å². The number of anilines is 1. The maximum absolute atomic E-state index is 13.7. The van der Waals surface area contributed by atoms with E-state index < -0.39 is 17.5 Å². The predicted octanol–water partition coefficient (Wildman–Crippen LogP) is 5.33. The summed E-state index contributed by atoms with van der Waals surface area (Å²) >= 11 is 4.84. The number of hydrogen-bond acceptors (Lipinski definition) is 4. The summed E-state index contributed by atoms with van der Waals surface area (Å²) in [4.78, 5) is 21.4. The number of rotatable bonds is 7. The van der Waals surface area contributed by atoms with Gasteiger partial charge in [0.1, 0.15) is 0 Å². The lowest BCUT2D eigenvalue weighted by molar-refractivity contribution is 0.0983. The van der Waals surface area contributed by atoms with Gasteiger partial charge in [0.15, 0.2) is 16.8 Å². The van der Waals surface area contributed by atoms with Crippen molar-refractivity contribution >= 4 is 48.5 Å². The number of amides is 1. The Kier molecular flexibility index (Phi) is 6.74. The predicted molar refractivity (Wildman–Crippen MR) is 113 cm³/mol. The van der Waals surface area contributed by atoms with Gasteiger partial charge < -0.3 is 4.90 Å². The molecule has 0 spiro atoms. The van der Waals surface area contributed by atoms with Crippen LogP contribution < -0.4 is 4.90 Å². The molecule has 148 valence electrons. The molecule has 0 fully saturated rings. The molecule has 0 radical (unpaired) electrons. The lowest BCUT2D eigenvalue weighted by atomic mass is 10.2. The van der Waals surface area contributed by atoms with Crippen molar-refractivity contribution < 1.29 is 13.6 Å². The minimum Gasteiger partial charge on any atom is -0.302 e. The molecule has 0 aliphatic carbocycles. The summed E-state index contributed by atoms with van der Waals surface area (Å²) in [6.07, 6.45) is 0. The standard InChI is InChI=1S/C20H20BrF2N3OS/c1-3-25(4-2)9-10-26(19(27)13-5-7-15(22)16(23)11-13)20-24-17-8-6-14(21)12-18(17)28-20/h5-8,11-12H,3-4,9-10H2,1-2H3. The van der Waals surface area contributed by atoms with Gasteiger partial charge in [-0.25, -0.2) is 13.8 Å². The summed E-state index contributed by atoms with van der Waals surface area (Å²) in [5.74, 6) is -2.41. The van der Waals surface area contributed by atoms with E-state index in [2.05, 4.69) is 39.7 Å².